The molecule has 0 saturated heterocycles. The summed E-state index contributed by atoms with van der Waals surface area (Å²) in [5.74, 6) is 0. The number of nitrogens with zero attached hydrogens (tertiary/aromatic N) is 2. The molecular weight excluding hydrogens is 484 g/mol. The van der Waals surface area contributed by atoms with Crippen LogP contribution in [0.4, 0.5) is 0 Å². The molecule has 5 aromatic carbocycles. The fraction of sp³-hybridized carbons (Fsp3) is 0.0526. The van der Waals surface area contributed by atoms with Crippen molar-refractivity contribution in [1.29, 1.82) is 0 Å². The van der Waals surface area contributed by atoms with Crippen LogP contribution < -0.4 is 0 Å². The van der Waals surface area contributed by atoms with Crippen molar-refractivity contribution < 1.29 is 0 Å². The van der Waals surface area contributed by atoms with Crippen molar-refractivity contribution in [2.24, 2.45) is 0 Å². The minimum Gasteiger partial charge on any atom is -0.265 e. The summed E-state index contributed by atoms with van der Waals surface area (Å²) in [6.07, 6.45) is 5.56. The first-order valence-corrected chi connectivity index (χ1v) is 13.7. The van der Waals surface area contributed by atoms with Gasteiger partial charge in [0, 0.05) is 29.8 Å². The van der Waals surface area contributed by atoms with Crippen molar-refractivity contribution >= 4 is 21.5 Å². The molecule has 2 heterocycles. The lowest BCUT2D eigenvalue weighted by atomic mass is 9.85. The number of hydrogen-bond donors (Lipinski definition) is 0. The Labute approximate surface area is 234 Å². The molecule has 0 radical (unpaired) electrons. The Bertz CT molecular complexity index is 1950. The van der Waals surface area contributed by atoms with Crippen molar-refractivity contribution in [3.8, 4) is 44.5 Å². The predicted octanol–water partition coefficient (Wildman–Crippen LogP) is 10.1. The van der Waals surface area contributed by atoms with E-state index in [2.05, 4.69) is 133 Å². The van der Waals surface area contributed by atoms with Crippen LogP contribution in [-0.4, -0.2) is 9.97 Å². The zero-order valence-electron chi connectivity index (χ0n) is 22.6. The summed E-state index contributed by atoms with van der Waals surface area (Å²) < 4.78 is 0. The zero-order chi connectivity index (χ0) is 27.1. The second kappa shape index (κ2) is 9.91. The van der Waals surface area contributed by atoms with Gasteiger partial charge in [0.2, 0.25) is 0 Å². The average molecular weight is 513 g/mol. The molecule has 0 aliphatic carbocycles. The molecule has 40 heavy (non-hydrogen) atoms. The molecule has 0 spiro atoms. The van der Waals surface area contributed by atoms with Crippen LogP contribution in [0.25, 0.3) is 66.1 Å². The lowest BCUT2D eigenvalue weighted by Gasteiger charge is -2.19. The molecule has 0 saturated carbocycles. The second-order valence-electron chi connectivity index (χ2n) is 10.3. The minimum absolute atomic E-state index is 1.04. The molecule has 190 valence electrons. The average Bonchev–Trinajstić information content (AvgIpc) is 3.00. The van der Waals surface area contributed by atoms with Gasteiger partial charge in [-0.25, -0.2) is 0 Å². The van der Waals surface area contributed by atoms with Gasteiger partial charge in [-0.3, -0.25) is 9.97 Å². The minimum atomic E-state index is 1.04. The van der Waals surface area contributed by atoms with Gasteiger partial charge in [0.05, 0.1) is 0 Å². The van der Waals surface area contributed by atoms with E-state index < -0.39 is 0 Å². The van der Waals surface area contributed by atoms with Gasteiger partial charge in [0.25, 0.3) is 0 Å². The van der Waals surface area contributed by atoms with Gasteiger partial charge in [-0.05, 0) is 98.1 Å². The van der Waals surface area contributed by atoms with E-state index >= 15 is 0 Å². The Morgan fingerprint density at radius 1 is 0.425 bits per heavy atom. The molecule has 0 bridgehead atoms. The lowest BCUT2D eigenvalue weighted by molar-refractivity contribution is 1.20. The highest BCUT2D eigenvalue weighted by atomic mass is 14.7. The normalized spacial score (nSPS) is 11.2. The monoisotopic (exact) mass is 512 g/mol. The number of rotatable bonds is 4. The second-order valence-corrected chi connectivity index (χ2v) is 10.3. The Hall–Kier alpha value is -5.08. The Balaban J connectivity index is 1.44. The van der Waals surface area contributed by atoms with Crippen LogP contribution in [0.1, 0.15) is 11.3 Å². The largest absolute Gasteiger partial charge is 0.265 e. The quantitative estimate of drug-likeness (QED) is 0.219. The molecule has 0 aliphatic heterocycles. The SMILES string of the molecule is Cc1cc(-c2c3ccccc3c(-c3ccc(-c4cccnc4C)cc3)c3ccccc23)ccc1-c1ccncc1. The molecule has 2 nitrogen and oxygen atoms in total. The van der Waals surface area contributed by atoms with Crippen LogP contribution in [0.15, 0.2) is 134 Å². The van der Waals surface area contributed by atoms with E-state index in [4.69, 9.17) is 0 Å². The molecule has 0 aliphatic rings. The van der Waals surface area contributed by atoms with Crippen LogP contribution in [-0.2, 0) is 0 Å². The van der Waals surface area contributed by atoms with E-state index in [1.807, 2.05) is 24.7 Å². The summed E-state index contributed by atoms with van der Waals surface area (Å²) in [6, 6.07) is 41.7. The Morgan fingerprint density at radius 2 is 0.950 bits per heavy atom. The maximum absolute atomic E-state index is 4.48. The zero-order valence-corrected chi connectivity index (χ0v) is 22.6. The highest BCUT2D eigenvalue weighted by Crippen LogP contribution is 2.44. The van der Waals surface area contributed by atoms with Gasteiger partial charge in [0.15, 0.2) is 0 Å². The number of aryl methyl sites for hydroxylation is 2. The first kappa shape index (κ1) is 24.0. The molecule has 7 aromatic rings. The summed E-state index contributed by atoms with van der Waals surface area (Å²) in [6.45, 7) is 4.26. The number of pyridine rings is 2. The van der Waals surface area contributed by atoms with Crippen molar-refractivity contribution in [2.75, 3.05) is 0 Å². The molecule has 7 rings (SSSR count). The smallest absolute Gasteiger partial charge is 0.0450 e. The van der Waals surface area contributed by atoms with Crippen LogP contribution in [0.2, 0.25) is 0 Å². The molecule has 0 amide bonds. The van der Waals surface area contributed by atoms with E-state index in [0.29, 0.717) is 0 Å². The Morgan fingerprint density at radius 3 is 1.52 bits per heavy atom. The van der Waals surface area contributed by atoms with Gasteiger partial charge < -0.3 is 0 Å². The fourth-order valence-electron chi connectivity index (χ4n) is 6.03. The number of hydrogen-bond acceptors (Lipinski definition) is 2. The highest BCUT2D eigenvalue weighted by Gasteiger charge is 2.17. The molecule has 0 atom stereocenters. The van der Waals surface area contributed by atoms with Crippen molar-refractivity contribution in [2.45, 2.75) is 13.8 Å². The maximum atomic E-state index is 4.48. The Kier molecular flexibility index (Phi) is 5.94. The molecule has 0 fully saturated rings. The summed E-state index contributed by atoms with van der Waals surface area (Å²) >= 11 is 0. The van der Waals surface area contributed by atoms with Crippen LogP contribution >= 0.6 is 0 Å². The molecule has 2 heteroatoms. The topological polar surface area (TPSA) is 25.8 Å². The molecular formula is C38H28N2. The van der Waals surface area contributed by atoms with E-state index in [1.54, 1.807) is 0 Å². The van der Waals surface area contributed by atoms with E-state index in [0.717, 1.165) is 5.69 Å². The fourth-order valence-corrected chi connectivity index (χ4v) is 6.03. The van der Waals surface area contributed by atoms with Crippen molar-refractivity contribution in [1.82, 2.24) is 9.97 Å². The third kappa shape index (κ3) is 4.06. The first-order chi connectivity index (χ1) is 19.7. The standard InChI is InChI=1S/C38H28N2/c1-25-24-30(17-18-31(25)28-19-22-39-23-20-28)38-35-10-5-3-8-33(35)37(34-9-4-6-11-36(34)38)29-15-13-27(14-16-29)32-12-7-21-40-26(32)2/h3-24H,1-2H3. The molecule has 2 aromatic heterocycles. The van der Waals surface area contributed by atoms with Crippen molar-refractivity contribution in [3.63, 3.8) is 0 Å². The number of aromatic nitrogens is 2. The first-order valence-electron chi connectivity index (χ1n) is 13.7. The summed E-state index contributed by atoms with van der Waals surface area (Å²) in [5, 5.41) is 5.05. The third-order valence-corrected chi connectivity index (χ3v) is 7.93. The maximum Gasteiger partial charge on any atom is 0.0450 e. The van der Waals surface area contributed by atoms with Crippen LogP contribution in [0.3, 0.4) is 0 Å². The number of fused-ring (bicyclic) bond motifs is 2. The van der Waals surface area contributed by atoms with Gasteiger partial charge >= 0.3 is 0 Å². The van der Waals surface area contributed by atoms with Crippen molar-refractivity contribution in [3.05, 3.63) is 145 Å². The van der Waals surface area contributed by atoms with E-state index in [-0.39, 0.29) is 0 Å². The highest BCUT2D eigenvalue weighted by molar-refractivity contribution is 6.21. The van der Waals surface area contributed by atoms with Crippen LogP contribution in [0, 0.1) is 13.8 Å². The molecule has 0 unspecified atom stereocenters. The molecule has 0 N–H and O–H groups in total. The van der Waals surface area contributed by atoms with Crippen LogP contribution in [0.5, 0.6) is 0 Å². The summed E-state index contributed by atoms with van der Waals surface area (Å²) in [7, 11) is 0. The number of benzene rings is 5. The van der Waals surface area contributed by atoms with Gasteiger partial charge in [-0.2, -0.15) is 0 Å². The van der Waals surface area contributed by atoms with E-state index in [9.17, 15) is 0 Å². The van der Waals surface area contributed by atoms with E-state index in [1.165, 1.54) is 71.6 Å². The summed E-state index contributed by atoms with van der Waals surface area (Å²) in [5.41, 5.74) is 12.1. The van der Waals surface area contributed by atoms with Gasteiger partial charge in [-0.15, -0.1) is 0 Å². The van der Waals surface area contributed by atoms with Gasteiger partial charge in [-0.1, -0.05) is 97.1 Å². The third-order valence-electron chi connectivity index (χ3n) is 7.93. The summed E-state index contributed by atoms with van der Waals surface area (Å²) in [4.78, 5) is 8.67. The van der Waals surface area contributed by atoms with Gasteiger partial charge in [0.1, 0.15) is 0 Å². The predicted molar refractivity (Wildman–Crippen MR) is 168 cm³/mol. The lowest BCUT2D eigenvalue weighted by Crippen LogP contribution is -1.92.